The highest BCUT2D eigenvalue weighted by Gasteiger charge is 2.25. The molecule has 5 heteroatoms. The SMILES string of the molecule is CCC(CC)(CO)CNCCCCC(C)(C)C(N)=NO. The zero-order valence-corrected chi connectivity index (χ0v) is 13.6. The first-order chi connectivity index (χ1) is 9.37. The van der Waals surface area contributed by atoms with E-state index in [2.05, 4.69) is 24.3 Å². The molecule has 5 N–H and O–H groups in total. The van der Waals surface area contributed by atoms with Crippen molar-refractivity contribution in [2.75, 3.05) is 19.7 Å². The second-order valence-electron chi connectivity index (χ2n) is 6.37. The molecule has 0 rings (SSSR count). The Bertz CT molecular complexity index is 279. The van der Waals surface area contributed by atoms with Crippen molar-refractivity contribution in [3.05, 3.63) is 0 Å². The number of amidine groups is 1. The lowest BCUT2D eigenvalue weighted by atomic mass is 9.83. The topological polar surface area (TPSA) is 90.9 Å². The minimum absolute atomic E-state index is 0.0211. The van der Waals surface area contributed by atoms with Gasteiger partial charge in [0.05, 0.1) is 0 Å². The first kappa shape index (κ1) is 19.2. The van der Waals surface area contributed by atoms with Gasteiger partial charge in [0.15, 0.2) is 0 Å². The van der Waals surface area contributed by atoms with Crippen LogP contribution in [0.1, 0.15) is 59.8 Å². The Labute approximate surface area is 123 Å². The van der Waals surface area contributed by atoms with Gasteiger partial charge in [0, 0.05) is 24.0 Å². The van der Waals surface area contributed by atoms with Crippen LogP contribution in [0, 0.1) is 10.8 Å². The molecule has 0 amide bonds. The van der Waals surface area contributed by atoms with Crippen LogP contribution in [0.15, 0.2) is 5.16 Å². The Morgan fingerprint density at radius 1 is 1.20 bits per heavy atom. The number of hydrogen-bond acceptors (Lipinski definition) is 4. The fraction of sp³-hybridized carbons (Fsp3) is 0.933. The van der Waals surface area contributed by atoms with Crippen LogP contribution >= 0.6 is 0 Å². The average molecular weight is 287 g/mol. The summed E-state index contributed by atoms with van der Waals surface area (Å²) in [5.41, 5.74) is 5.43. The molecule has 0 aromatic carbocycles. The van der Waals surface area contributed by atoms with Crippen molar-refractivity contribution in [3.63, 3.8) is 0 Å². The van der Waals surface area contributed by atoms with Crippen LogP contribution in [0.3, 0.4) is 0 Å². The average Bonchev–Trinajstić information content (AvgIpc) is 2.46. The van der Waals surface area contributed by atoms with Gasteiger partial charge < -0.3 is 21.4 Å². The van der Waals surface area contributed by atoms with Crippen LogP contribution in [0.2, 0.25) is 0 Å². The van der Waals surface area contributed by atoms with Crippen molar-refractivity contribution in [2.45, 2.75) is 59.8 Å². The molecule has 0 heterocycles. The predicted molar refractivity (Wildman–Crippen MR) is 84.0 cm³/mol. The minimum Gasteiger partial charge on any atom is -0.409 e. The Kier molecular flexibility index (Phi) is 8.81. The maximum Gasteiger partial charge on any atom is 0.144 e. The summed E-state index contributed by atoms with van der Waals surface area (Å²) in [6, 6.07) is 0. The number of rotatable bonds is 11. The van der Waals surface area contributed by atoms with E-state index in [1.807, 2.05) is 13.8 Å². The number of nitrogens with one attached hydrogen (secondary N) is 1. The summed E-state index contributed by atoms with van der Waals surface area (Å²) in [5, 5.41) is 24.7. The third-order valence-electron chi connectivity index (χ3n) is 4.54. The summed E-state index contributed by atoms with van der Waals surface area (Å²) in [4.78, 5) is 0. The van der Waals surface area contributed by atoms with Crippen molar-refractivity contribution >= 4 is 5.84 Å². The number of nitrogens with zero attached hydrogens (tertiary/aromatic N) is 1. The highest BCUT2D eigenvalue weighted by Crippen LogP contribution is 2.25. The van der Waals surface area contributed by atoms with Gasteiger partial charge in [0.25, 0.3) is 0 Å². The molecule has 0 saturated carbocycles. The van der Waals surface area contributed by atoms with E-state index in [1.165, 1.54) is 0 Å². The molecule has 0 aliphatic rings. The number of nitrogens with two attached hydrogens (primary N) is 1. The van der Waals surface area contributed by atoms with Crippen LogP contribution in [0.5, 0.6) is 0 Å². The van der Waals surface area contributed by atoms with Gasteiger partial charge in [-0.1, -0.05) is 39.3 Å². The summed E-state index contributed by atoms with van der Waals surface area (Å²) >= 11 is 0. The Balaban J connectivity index is 3.88. The van der Waals surface area contributed by atoms with Gasteiger partial charge in [0.1, 0.15) is 5.84 Å². The van der Waals surface area contributed by atoms with Crippen molar-refractivity contribution < 1.29 is 10.3 Å². The van der Waals surface area contributed by atoms with E-state index in [0.29, 0.717) is 5.84 Å². The van der Waals surface area contributed by atoms with E-state index in [4.69, 9.17) is 10.9 Å². The third kappa shape index (κ3) is 6.09. The molecular formula is C15H33N3O2. The lowest BCUT2D eigenvalue weighted by molar-refractivity contribution is 0.113. The molecular weight excluding hydrogens is 254 g/mol. The van der Waals surface area contributed by atoms with E-state index in [0.717, 1.165) is 45.2 Å². The molecule has 0 atom stereocenters. The van der Waals surface area contributed by atoms with Crippen molar-refractivity contribution in [2.24, 2.45) is 21.7 Å². The van der Waals surface area contributed by atoms with E-state index >= 15 is 0 Å². The van der Waals surface area contributed by atoms with E-state index in [9.17, 15) is 5.11 Å². The second-order valence-corrected chi connectivity index (χ2v) is 6.37. The summed E-state index contributed by atoms with van der Waals surface area (Å²) in [6.45, 7) is 10.3. The molecule has 0 aliphatic heterocycles. The minimum atomic E-state index is -0.254. The van der Waals surface area contributed by atoms with Crippen molar-refractivity contribution in [1.29, 1.82) is 0 Å². The monoisotopic (exact) mass is 287 g/mol. The Hall–Kier alpha value is -0.810. The Morgan fingerprint density at radius 2 is 1.80 bits per heavy atom. The standard InChI is InChI=1S/C15H33N3O2/c1-5-15(6-2,12-19)11-17-10-8-7-9-14(3,4)13(16)18-20/h17,19-20H,5-12H2,1-4H3,(H2,16,18). The quantitative estimate of drug-likeness (QED) is 0.154. The number of aliphatic hydroxyl groups is 1. The summed E-state index contributed by atoms with van der Waals surface area (Å²) in [7, 11) is 0. The van der Waals surface area contributed by atoms with Gasteiger partial charge in [-0.3, -0.25) is 0 Å². The highest BCUT2D eigenvalue weighted by molar-refractivity contribution is 5.85. The van der Waals surface area contributed by atoms with E-state index < -0.39 is 0 Å². The fourth-order valence-electron chi connectivity index (χ4n) is 2.21. The number of hydrogen-bond donors (Lipinski definition) is 4. The Morgan fingerprint density at radius 3 is 2.25 bits per heavy atom. The highest BCUT2D eigenvalue weighted by atomic mass is 16.4. The van der Waals surface area contributed by atoms with Crippen LogP contribution in [-0.4, -0.2) is 35.8 Å². The van der Waals surface area contributed by atoms with Crippen LogP contribution in [-0.2, 0) is 0 Å². The molecule has 0 saturated heterocycles. The summed E-state index contributed by atoms with van der Waals surface area (Å²) < 4.78 is 0. The molecule has 120 valence electrons. The van der Waals surface area contributed by atoms with Gasteiger partial charge in [-0.15, -0.1) is 0 Å². The van der Waals surface area contributed by atoms with Crippen molar-refractivity contribution in [1.82, 2.24) is 5.32 Å². The zero-order chi connectivity index (χ0) is 15.6. The number of aliphatic hydroxyl groups excluding tert-OH is 1. The maximum absolute atomic E-state index is 9.48. The normalized spacial score (nSPS) is 13.8. The first-order valence-electron chi connectivity index (χ1n) is 7.67. The molecule has 0 unspecified atom stereocenters. The van der Waals surface area contributed by atoms with Gasteiger partial charge in [-0.2, -0.15) is 0 Å². The molecule has 0 aromatic rings. The van der Waals surface area contributed by atoms with Gasteiger partial charge >= 0.3 is 0 Å². The fourth-order valence-corrected chi connectivity index (χ4v) is 2.21. The molecule has 20 heavy (non-hydrogen) atoms. The van der Waals surface area contributed by atoms with Crippen molar-refractivity contribution in [3.8, 4) is 0 Å². The lowest BCUT2D eigenvalue weighted by Crippen LogP contribution is -2.37. The van der Waals surface area contributed by atoms with Crippen LogP contribution < -0.4 is 11.1 Å². The lowest BCUT2D eigenvalue weighted by Gasteiger charge is -2.29. The molecule has 0 aliphatic carbocycles. The summed E-state index contributed by atoms with van der Waals surface area (Å²) in [5.74, 6) is 0.293. The van der Waals surface area contributed by atoms with Crippen LogP contribution in [0.4, 0.5) is 0 Å². The zero-order valence-electron chi connectivity index (χ0n) is 13.6. The molecule has 0 radical (unpaired) electrons. The number of oxime groups is 1. The van der Waals surface area contributed by atoms with E-state index in [1.54, 1.807) is 0 Å². The molecule has 5 nitrogen and oxygen atoms in total. The maximum atomic E-state index is 9.48. The molecule has 0 bridgehead atoms. The predicted octanol–water partition coefficient (Wildman–Crippen LogP) is 2.32. The largest absolute Gasteiger partial charge is 0.409 e. The third-order valence-corrected chi connectivity index (χ3v) is 4.54. The second kappa shape index (κ2) is 9.19. The van der Waals surface area contributed by atoms with Gasteiger partial charge in [-0.05, 0) is 32.2 Å². The van der Waals surface area contributed by atoms with Gasteiger partial charge in [0.2, 0.25) is 0 Å². The van der Waals surface area contributed by atoms with Gasteiger partial charge in [-0.25, -0.2) is 0 Å². The summed E-state index contributed by atoms with van der Waals surface area (Å²) in [6.07, 6.45) is 4.96. The molecule has 0 aromatic heterocycles. The van der Waals surface area contributed by atoms with Crippen LogP contribution in [0.25, 0.3) is 0 Å². The molecule has 0 fully saturated rings. The smallest absolute Gasteiger partial charge is 0.144 e. The molecule has 0 spiro atoms. The number of unbranched alkanes of at least 4 members (excludes halogenated alkanes) is 1. The first-order valence-corrected chi connectivity index (χ1v) is 7.67. The van der Waals surface area contributed by atoms with E-state index in [-0.39, 0.29) is 17.4 Å².